The SMILES string of the molecule is COc1cc(C)ccc1S(=O)(=O)NC(=O)C(c1ccc2c(c1)OCO2)c1cn(C)c2cc(C(=O)O)ccc12. The van der Waals surface area contributed by atoms with Crippen LogP contribution in [-0.2, 0) is 21.9 Å². The van der Waals surface area contributed by atoms with E-state index in [0.29, 0.717) is 33.5 Å². The predicted octanol–water partition coefficient (Wildman–Crippen LogP) is 3.56. The fourth-order valence-electron chi connectivity index (χ4n) is 4.59. The van der Waals surface area contributed by atoms with Gasteiger partial charge in [0, 0.05) is 24.1 Å². The largest absolute Gasteiger partial charge is 0.495 e. The lowest BCUT2D eigenvalue weighted by atomic mass is 9.90. The van der Waals surface area contributed by atoms with Gasteiger partial charge in [-0.25, -0.2) is 17.9 Å². The Morgan fingerprint density at radius 1 is 1.05 bits per heavy atom. The van der Waals surface area contributed by atoms with Crippen molar-refractivity contribution in [2.45, 2.75) is 17.7 Å². The Kier molecular flexibility index (Phi) is 6.23. The van der Waals surface area contributed by atoms with E-state index in [1.165, 1.54) is 25.3 Å². The average molecular weight is 537 g/mol. The van der Waals surface area contributed by atoms with Crippen molar-refractivity contribution in [1.82, 2.24) is 9.29 Å². The van der Waals surface area contributed by atoms with E-state index in [1.807, 2.05) is 0 Å². The Bertz CT molecular complexity index is 1710. The highest BCUT2D eigenvalue weighted by Crippen LogP contribution is 2.39. The number of fused-ring (bicyclic) bond motifs is 2. The van der Waals surface area contributed by atoms with E-state index in [0.717, 1.165) is 5.56 Å². The fraction of sp³-hybridized carbons (Fsp3) is 0.185. The first kappa shape index (κ1) is 25.2. The summed E-state index contributed by atoms with van der Waals surface area (Å²) in [5, 5.41) is 10.0. The number of aromatic nitrogens is 1. The summed E-state index contributed by atoms with van der Waals surface area (Å²) in [4.78, 5) is 25.2. The average Bonchev–Trinajstić information content (AvgIpc) is 3.47. The first-order valence-corrected chi connectivity index (χ1v) is 13.0. The van der Waals surface area contributed by atoms with E-state index >= 15 is 0 Å². The molecule has 0 fully saturated rings. The number of aromatic carboxylic acids is 1. The molecule has 1 amide bonds. The molecule has 10 nitrogen and oxygen atoms in total. The van der Waals surface area contributed by atoms with Crippen LogP contribution in [0.4, 0.5) is 0 Å². The van der Waals surface area contributed by atoms with Crippen molar-refractivity contribution in [1.29, 1.82) is 0 Å². The molecule has 1 aromatic heterocycles. The van der Waals surface area contributed by atoms with E-state index in [9.17, 15) is 23.1 Å². The van der Waals surface area contributed by atoms with Gasteiger partial charge in [0.15, 0.2) is 11.5 Å². The number of rotatable bonds is 7. The number of sulfonamides is 1. The summed E-state index contributed by atoms with van der Waals surface area (Å²) >= 11 is 0. The quantitative estimate of drug-likeness (QED) is 0.366. The highest BCUT2D eigenvalue weighted by molar-refractivity contribution is 7.90. The molecule has 4 aromatic rings. The Morgan fingerprint density at radius 3 is 2.55 bits per heavy atom. The molecule has 0 spiro atoms. The highest BCUT2D eigenvalue weighted by atomic mass is 32.2. The van der Waals surface area contributed by atoms with Gasteiger partial charge in [-0.15, -0.1) is 0 Å². The van der Waals surface area contributed by atoms with Crippen LogP contribution in [0, 0.1) is 6.92 Å². The van der Waals surface area contributed by atoms with Crippen LogP contribution in [0.2, 0.25) is 0 Å². The zero-order valence-electron chi connectivity index (χ0n) is 20.7. The molecular weight excluding hydrogens is 512 g/mol. The molecule has 3 aromatic carbocycles. The van der Waals surface area contributed by atoms with Crippen molar-refractivity contribution in [3.63, 3.8) is 0 Å². The van der Waals surface area contributed by atoms with Crippen LogP contribution in [0.3, 0.4) is 0 Å². The van der Waals surface area contributed by atoms with Gasteiger partial charge in [-0.2, -0.15) is 0 Å². The van der Waals surface area contributed by atoms with E-state index in [2.05, 4.69) is 4.72 Å². The molecule has 5 rings (SSSR count). The zero-order chi connectivity index (χ0) is 27.2. The number of benzene rings is 3. The number of amides is 1. The van der Waals surface area contributed by atoms with Crippen LogP contribution >= 0.6 is 0 Å². The first-order chi connectivity index (χ1) is 18.1. The number of aryl methyl sites for hydroxylation is 2. The Labute approximate surface area is 218 Å². The van der Waals surface area contributed by atoms with Gasteiger partial charge >= 0.3 is 5.97 Å². The van der Waals surface area contributed by atoms with Gasteiger partial charge in [-0.05, 0) is 60.0 Å². The van der Waals surface area contributed by atoms with Gasteiger partial charge in [0.25, 0.3) is 10.0 Å². The second-order valence-electron chi connectivity index (χ2n) is 8.90. The van der Waals surface area contributed by atoms with Gasteiger partial charge in [0.05, 0.1) is 18.6 Å². The molecule has 1 aliphatic heterocycles. The lowest BCUT2D eigenvalue weighted by Crippen LogP contribution is -2.35. The van der Waals surface area contributed by atoms with Gasteiger partial charge < -0.3 is 23.9 Å². The number of nitrogens with one attached hydrogen (secondary N) is 1. The van der Waals surface area contributed by atoms with Crippen molar-refractivity contribution < 1.29 is 37.3 Å². The summed E-state index contributed by atoms with van der Waals surface area (Å²) in [6.45, 7) is 1.83. The maximum absolute atomic E-state index is 13.8. The summed E-state index contributed by atoms with van der Waals surface area (Å²) in [5.41, 5.74) is 2.40. The molecule has 2 N–H and O–H groups in total. The van der Waals surface area contributed by atoms with E-state index < -0.39 is 27.8 Å². The molecule has 0 saturated carbocycles. The maximum atomic E-state index is 13.8. The minimum Gasteiger partial charge on any atom is -0.495 e. The van der Waals surface area contributed by atoms with E-state index in [4.69, 9.17) is 14.2 Å². The third-order valence-corrected chi connectivity index (χ3v) is 7.80. The predicted molar refractivity (Wildman–Crippen MR) is 137 cm³/mol. The molecule has 0 saturated heterocycles. The van der Waals surface area contributed by atoms with Crippen molar-refractivity contribution in [2.75, 3.05) is 13.9 Å². The highest BCUT2D eigenvalue weighted by Gasteiger charge is 2.32. The molecule has 1 atom stereocenters. The second kappa shape index (κ2) is 9.42. The maximum Gasteiger partial charge on any atom is 0.335 e. The molecule has 0 bridgehead atoms. The lowest BCUT2D eigenvalue weighted by molar-refractivity contribution is -0.119. The summed E-state index contributed by atoms with van der Waals surface area (Å²) < 4.78 is 46.7. The third kappa shape index (κ3) is 4.41. The molecule has 38 heavy (non-hydrogen) atoms. The van der Waals surface area contributed by atoms with E-state index in [1.54, 1.807) is 61.1 Å². The number of hydrogen-bond donors (Lipinski definition) is 2. The third-order valence-electron chi connectivity index (χ3n) is 6.42. The van der Waals surface area contributed by atoms with Crippen molar-refractivity contribution >= 4 is 32.8 Å². The van der Waals surface area contributed by atoms with Crippen LogP contribution in [0.15, 0.2) is 65.7 Å². The molecular formula is C27H24N2O8S. The molecule has 196 valence electrons. The Morgan fingerprint density at radius 2 is 1.82 bits per heavy atom. The Hall–Kier alpha value is -4.51. The number of carbonyl (C=O) groups is 2. The molecule has 11 heteroatoms. The first-order valence-electron chi connectivity index (χ1n) is 11.5. The zero-order valence-corrected chi connectivity index (χ0v) is 21.5. The van der Waals surface area contributed by atoms with Crippen LogP contribution in [-0.4, -0.2) is 43.9 Å². The summed E-state index contributed by atoms with van der Waals surface area (Å²) in [6.07, 6.45) is 1.68. The molecule has 1 unspecified atom stereocenters. The van der Waals surface area contributed by atoms with Gasteiger partial charge in [0.2, 0.25) is 12.7 Å². The normalized spacial score (nSPS) is 13.3. The number of ether oxygens (including phenoxy) is 3. The van der Waals surface area contributed by atoms with Crippen molar-refractivity contribution in [3.05, 3.63) is 83.0 Å². The summed E-state index contributed by atoms with van der Waals surface area (Å²) in [6, 6.07) is 14.1. The van der Waals surface area contributed by atoms with Crippen LogP contribution in [0.1, 0.15) is 33.0 Å². The minimum atomic E-state index is -4.32. The van der Waals surface area contributed by atoms with Crippen LogP contribution in [0.25, 0.3) is 10.9 Å². The van der Waals surface area contributed by atoms with Gasteiger partial charge in [0.1, 0.15) is 10.6 Å². The molecule has 0 radical (unpaired) electrons. The number of hydrogen-bond acceptors (Lipinski definition) is 7. The van der Waals surface area contributed by atoms with Crippen molar-refractivity contribution in [2.24, 2.45) is 7.05 Å². The minimum absolute atomic E-state index is 0.0312. The van der Waals surface area contributed by atoms with Gasteiger partial charge in [-0.1, -0.05) is 18.2 Å². The number of methoxy groups -OCH3 is 1. The topological polar surface area (TPSA) is 133 Å². The fourth-order valence-corrected chi connectivity index (χ4v) is 5.73. The number of carbonyl (C=O) groups excluding carboxylic acids is 1. The summed E-state index contributed by atoms with van der Waals surface area (Å²) in [7, 11) is -1.25. The van der Waals surface area contributed by atoms with Crippen LogP contribution in [0.5, 0.6) is 17.2 Å². The van der Waals surface area contributed by atoms with Crippen molar-refractivity contribution in [3.8, 4) is 17.2 Å². The number of carboxylic acid groups (broad SMARTS) is 1. The number of nitrogens with zero attached hydrogens (tertiary/aromatic N) is 1. The molecule has 1 aliphatic rings. The second-order valence-corrected chi connectivity index (χ2v) is 10.6. The monoisotopic (exact) mass is 536 g/mol. The standard InChI is InChI=1S/C27H24N2O8S/c1-15-4-9-24(23(10-15)35-3)38(33,34)28-26(30)25(16-6-8-21-22(12-16)37-14-36-21)19-13-29(2)20-11-17(27(31)32)5-7-18(19)20/h4-13,25H,14H2,1-3H3,(H,28,30)(H,31,32). The van der Waals surface area contributed by atoms with Gasteiger partial charge in [-0.3, -0.25) is 4.79 Å². The smallest absolute Gasteiger partial charge is 0.335 e. The van der Waals surface area contributed by atoms with E-state index in [-0.39, 0.29) is 23.0 Å². The Balaban J connectivity index is 1.63. The van der Waals surface area contributed by atoms with Crippen LogP contribution < -0.4 is 18.9 Å². The number of carboxylic acids is 1. The molecule has 2 heterocycles. The molecule has 0 aliphatic carbocycles. The lowest BCUT2D eigenvalue weighted by Gasteiger charge is -2.18. The summed E-state index contributed by atoms with van der Waals surface area (Å²) in [5.74, 6) is -1.93.